The number of hydrogen-bond donors (Lipinski definition) is 1. The Balaban J connectivity index is 0.00000200. The van der Waals surface area contributed by atoms with E-state index in [0.29, 0.717) is 0 Å². The molecule has 0 heterocycles. The van der Waals surface area contributed by atoms with Gasteiger partial charge in [0.25, 0.3) is 0 Å². The van der Waals surface area contributed by atoms with Gasteiger partial charge >= 0.3 is 29.6 Å². The van der Waals surface area contributed by atoms with Gasteiger partial charge in [0.15, 0.2) is 4.87 Å². The average Bonchev–Trinajstić information content (AvgIpc) is 2.38. The van der Waals surface area contributed by atoms with E-state index in [1.54, 1.807) is 30.3 Å². The van der Waals surface area contributed by atoms with E-state index in [9.17, 15) is 13.0 Å². The third-order valence-corrected chi connectivity index (χ3v) is 4.44. The number of hydrogen-bond acceptors (Lipinski definition) is 4. The van der Waals surface area contributed by atoms with Crippen molar-refractivity contribution in [3.8, 4) is 0 Å². The van der Waals surface area contributed by atoms with Crippen LogP contribution in [0.25, 0.3) is 0 Å². The summed E-state index contributed by atoms with van der Waals surface area (Å²) in [5.41, 5.74) is 6.18. The number of rotatable bonds is 3. The van der Waals surface area contributed by atoms with Gasteiger partial charge < -0.3 is 10.3 Å². The molecule has 2 N–H and O–H groups in total. The van der Waals surface area contributed by atoms with Crippen LogP contribution in [0.1, 0.15) is 11.1 Å². The maximum Gasteiger partial charge on any atom is 1.00 e. The number of benzene rings is 2. The molecule has 0 saturated heterocycles. The Bertz CT molecular complexity index is 694. The van der Waals surface area contributed by atoms with E-state index in [0.717, 1.165) is 0 Å². The molecule has 0 aliphatic carbocycles. The van der Waals surface area contributed by atoms with Gasteiger partial charge in [-0.2, -0.15) is 0 Å². The fourth-order valence-corrected chi connectivity index (χ4v) is 3.10. The van der Waals surface area contributed by atoms with Crippen molar-refractivity contribution >= 4 is 21.7 Å². The maximum atomic E-state index is 11.7. The van der Waals surface area contributed by atoms with Gasteiger partial charge in [-0.15, -0.1) is 0 Å². The van der Waals surface area contributed by atoms with Crippen molar-refractivity contribution in [1.29, 1.82) is 0 Å². The molecule has 2 rings (SSSR count). The molecule has 0 spiro atoms. The van der Waals surface area contributed by atoms with Crippen LogP contribution in [0.15, 0.2) is 54.6 Å². The Morgan fingerprint density at radius 1 is 1.00 bits per heavy atom. The fourth-order valence-electron chi connectivity index (χ4n) is 1.88. The van der Waals surface area contributed by atoms with Crippen molar-refractivity contribution < 1.29 is 42.5 Å². The molecule has 4 nitrogen and oxygen atoms in total. The van der Waals surface area contributed by atoms with E-state index in [-0.39, 0.29) is 45.7 Å². The van der Waals surface area contributed by atoms with Crippen LogP contribution in [0.4, 0.5) is 0 Å². The molecule has 0 aliphatic rings. The Morgan fingerprint density at radius 2 is 1.50 bits per heavy atom. The summed E-state index contributed by atoms with van der Waals surface area (Å²) in [5.74, 6) is 0. The van der Waals surface area contributed by atoms with Gasteiger partial charge in [0.1, 0.15) is 10.1 Å². The molecule has 0 bridgehead atoms. The molecule has 100 valence electrons. The Morgan fingerprint density at radius 3 is 2.00 bits per heavy atom. The first-order chi connectivity index (χ1) is 8.87. The van der Waals surface area contributed by atoms with E-state index in [1.807, 2.05) is 0 Å². The van der Waals surface area contributed by atoms with Crippen LogP contribution in [-0.4, -0.2) is 13.0 Å². The van der Waals surface area contributed by atoms with Gasteiger partial charge in [-0.25, -0.2) is 8.42 Å². The molecule has 2 aromatic rings. The normalized spacial score (nSPS) is 14.2. The molecule has 0 fully saturated rings. The summed E-state index contributed by atoms with van der Waals surface area (Å²) in [6.45, 7) is 0. The summed E-state index contributed by atoms with van der Waals surface area (Å²) in [5, 5.41) is 0.133. The standard InChI is InChI=1S/C13H12ClNO3S.Na/c14-12-9-5-4-8-11(12)13(15,19(16,17)18)10-6-2-1-3-7-10;/h1-9H,15H2,(H,16,17,18);/q;+1/p-1. The van der Waals surface area contributed by atoms with E-state index in [1.165, 1.54) is 24.3 Å². The Labute approximate surface area is 145 Å². The quantitative estimate of drug-likeness (QED) is 0.584. The molecule has 0 amide bonds. The Kier molecular flexibility index (Phi) is 5.80. The summed E-state index contributed by atoms with van der Waals surface area (Å²) >= 11 is 5.98. The maximum absolute atomic E-state index is 11.7. The topological polar surface area (TPSA) is 83.2 Å². The molecule has 1 unspecified atom stereocenters. The molecule has 0 radical (unpaired) electrons. The van der Waals surface area contributed by atoms with Crippen molar-refractivity contribution in [3.05, 3.63) is 70.7 Å². The summed E-state index contributed by atoms with van der Waals surface area (Å²) in [6.07, 6.45) is 0. The van der Waals surface area contributed by atoms with E-state index in [4.69, 9.17) is 17.3 Å². The predicted octanol–water partition coefficient (Wildman–Crippen LogP) is -0.951. The predicted molar refractivity (Wildman–Crippen MR) is 72.6 cm³/mol. The van der Waals surface area contributed by atoms with E-state index in [2.05, 4.69) is 0 Å². The van der Waals surface area contributed by atoms with Crippen LogP contribution in [0.3, 0.4) is 0 Å². The smallest absolute Gasteiger partial charge is 0.746 e. The fraction of sp³-hybridized carbons (Fsp3) is 0.0769. The van der Waals surface area contributed by atoms with Gasteiger partial charge in [-0.3, -0.25) is 0 Å². The first kappa shape index (κ1) is 17.7. The molecule has 0 aromatic heterocycles. The summed E-state index contributed by atoms with van der Waals surface area (Å²) in [4.78, 5) is -2.20. The van der Waals surface area contributed by atoms with Gasteiger partial charge in [0.2, 0.25) is 0 Å². The van der Waals surface area contributed by atoms with Gasteiger partial charge in [0.05, 0.1) is 0 Å². The minimum Gasteiger partial charge on any atom is -0.746 e. The van der Waals surface area contributed by atoms with Crippen LogP contribution >= 0.6 is 11.6 Å². The second-order valence-corrected chi connectivity index (χ2v) is 6.00. The largest absolute Gasteiger partial charge is 1.00 e. The molecule has 7 heteroatoms. The monoisotopic (exact) mass is 319 g/mol. The molecular weight excluding hydrogens is 309 g/mol. The zero-order valence-corrected chi connectivity index (χ0v) is 14.4. The molecule has 0 aliphatic heterocycles. The van der Waals surface area contributed by atoms with Crippen molar-refractivity contribution in [1.82, 2.24) is 0 Å². The zero-order chi connectivity index (χ0) is 14.1. The van der Waals surface area contributed by atoms with Crippen LogP contribution in [0.5, 0.6) is 0 Å². The number of halogens is 1. The third-order valence-electron chi connectivity index (χ3n) is 2.87. The van der Waals surface area contributed by atoms with Gasteiger partial charge in [0, 0.05) is 10.6 Å². The van der Waals surface area contributed by atoms with Crippen LogP contribution in [-0.2, 0) is 15.0 Å². The van der Waals surface area contributed by atoms with Gasteiger partial charge in [-0.1, -0.05) is 60.1 Å². The summed E-state index contributed by atoms with van der Waals surface area (Å²) in [7, 11) is -4.85. The SMILES string of the molecule is NC(c1ccccc1)(c1ccccc1Cl)S(=O)(=O)[O-].[Na+]. The van der Waals surface area contributed by atoms with E-state index < -0.39 is 15.0 Å². The average molecular weight is 320 g/mol. The number of nitrogens with two attached hydrogens (primary N) is 1. The Hall–Kier alpha value is -0.400. The second-order valence-electron chi connectivity index (χ2n) is 4.04. The van der Waals surface area contributed by atoms with Crippen LogP contribution in [0.2, 0.25) is 5.02 Å². The van der Waals surface area contributed by atoms with E-state index >= 15 is 0 Å². The van der Waals surface area contributed by atoms with Crippen molar-refractivity contribution in [2.75, 3.05) is 0 Å². The first-order valence-electron chi connectivity index (χ1n) is 5.42. The first-order valence-corrected chi connectivity index (χ1v) is 7.21. The van der Waals surface area contributed by atoms with Gasteiger partial charge in [-0.05, 0) is 11.6 Å². The second kappa shape index (κ2) is 6.58. The minimum atomic E-state index is -4.85. The van der Waals surface area contributed by atoms with Crippen LogP contribution in [0, 0.1) is 0 Å². The summed E-state index contributed by atoms with van der Waals surface area (Å²) < 4.78 is 35.0. The third kappa shape index (κ3) is 3.09. The van der Waals surface area contributed by atoms with Crippen molar-refractivity contribution in [2.24, 2.45) is 5.73 Å². The summed E-state index contributed by atoms with van der Waals surface area (Å²) in [6, 6.07) is 14.0. The van der Waals surface area contributed by atoms with Crippen molar-refractivity contribution in [2.45, 2.75) is 4.87 Å². The molecule has 1 atom stereocenters. The zero-order valence-electron chi connectivity index (χ0n) is 10.8. The molecule has 0 saturated carbocycles. The molecule has 20 heavy (non-hydrogen) atoms. The van der Waals surface area contributed by atoms with Crippen LogP contribution < -0.4 is 35.3 Å². The molecular formula is C13H11ClNNaO3S. The minimum absolute atomic E-state index is 0. The molecule has 2 aromatic carbocycles. The van der Waals surface area contributed by atoms with Crippen molar-refractivity contribution in [3.63, 3.8) is 0 Å².